The average Bonchev–Trinajstić information content (AvgIpc) is 2.35. The van der Waals surface area contributed by atoms with Crippen molar-refractivity contribution >= 4 is 11.6 Å². The van der Waals surface area contributed by atoms with Gasteiger partial charge in [-0.25, -0.2) is 0 Å². The number of anilines is 1. The number of nitrogen functional groups attached to an aromatic ring is 1. The summed E-state index contributed by atoms with van der Waals surface area (Å²) in [4.78, 5) is 13.6. The average molecular weight is 288 g/mol. The first-order valence-electron chi connectivity index (χ1n) is 6.29. The quantitative estimate of drug-likeness (QED) is 0.866. The lowest BCUT2D eigenvalue weighted by atomic mass is 10.0. The van der Waals surface area contributed by atoms with Crippen LogP contribution in [-0.2, 0) is 6.18 Å². The molecule has 1 atom stereocenters. The van der Waals surface area contributed by atoms with Gasteiger partial charge in [0.2, 0.25) is 0 Å². The minimum absolute atomic E-state index is 0.0125. The molecule has 1 aromatic rings. The Bertz CT molecular complexity index is 498. The molecule has 6 heteroatoms. The van der Waals surface area contributed by atoms with E-state index in [-0.39, 0.29) is 23.2 Å². The molecule has 3 nitrogen and oxygen atoms in total. The number of alkyl halides is 3. The normalized spacial score (nSPS) is 13.4. The lowest BCUT2D eigenvalue weighted by molar-refractivity contribution is -0.136. The number of halogens is 3. The second-order valence-corrected chi connectivity index (χ2v) is 5.20. The van der Waals surface area contributed by atoms with Crippen LogP contribution in [-0.4, -0.2) is 23.9 Å². The van der Waals surface area contributed by atoms with Crippen molar-refractivity contribution in [2.75, 3.05) is 12.8 Å². The summed E-state index contributed by atoms with van der Waals surface area (Å²) < 4.78 is 38.3. The Morgan fingerprint density at radius 2 is 1.80 bits per heavy atom. The molecule has 112 valence electrons. The molecule has 1 rings (SSSR count). The molecule has 0 radical (unpaired) electrons. The number of rotatable bonds is 3. The molecule has 0 aliphatic rings. The van der Waals surface area contributed by atoms with E-state index in [1.807, 2.05) is 20.8 Å². The number of benzene rings is 1. The predicted octanol–water partition coefficient (Wildman–Crippen LogP) is 3.40. The highest BCUT2D eigenvalue weighted by Gasteiger charge is 2.34. The zero-order chi connectivity index (χ0) is 15.7. The van der Waals surface area contributed by atoms with Crippen LogP contribution in [0.4, 0.5) is 18.9 Å². The van der Waals surface area contributed by atoms with Crippen LogP contribution in [0, 0.1) is 5.92 Å². The minimum atomic E-state index is -4.57. The van der Waals surface area contributed by atoms with Crippen LogP contribution in [0.1, 0.15) is 36.7 Å². The zero-order valence-electron chi connectivity index (χ0n) is 12.0. The van der Waals surface area contributed by atoms with Crippen LogP contribution in [0.3, 0.4) is 0 Å². The fourth-order valence-electron chi connectivity index (χ4n) is 1.77. The lowest BCUT2D eigenvalue weighted by Crippen LogP contribution is -2.38. The van der Waals surface area contributed by atoms with Gasteiger partial charge >= 0.3 is 6.18 Å². The van der Waals surface area contributed by atoms with Gasteiger partial charge in [0.05, 0.1) is 5.56 Å². The fraction of sp³-hybridized carbons (Fsp3) is 0.500. The second kappa shape index (κ2) is 5.73. The van der Waals surface area contributed by atoms with Crippen molar-refractivity contribution < 1.29 is 18.0 Å². The molecule has 0 fully saturated rings. The minimum Gasteiger partial charge on any atom is -0.398 e. The third kappa shape index (κ3) is 3.43. The number of carbonyl (C=O) groups excluding carboxylic acids is 1. The largest absolute Gasteiger partial charge is 0.418 e. The van der Waals surface area contributed by atoms with Crippen molar-refractivity contribution in [3.63, 3.8) is 0 Å². The predicted molar refractivity (Wildman–Crippen MR) is 72.2 cm³/mol. The zero-order valence-corrected chi connectivity index (χ0v) is 12.0. The van der Waals surface area contributed by atoms with Crippen molar-refractivity contribution in [1.82, 2.24) is 4.90 Å². The Hall–Kier alpha value is -1.72. The SMILES string of the molecule is CC(C)C(C)N(C)C(=O)c1ccc(N)c(C(F)(F)F)c1. The van der Waals surface area contributed by atoms with Gasteiger partial charge in [-0.05, 0) is 31.0 Å². The van der Waals surface area contributed by atoms with Crippen LogP contribution >= 0.6 is 0 Å². The summed E-state index contributed by atoms with van der Waals surface area (Å²) in [5, 5.41) is 0. The van der Waals surface area contributed by atoms with E-state index in [9.17, 15) is 18.0 Å². The Kier molecular flexibility index (Phi) is 4.68. The highest BCUT2D eigenvalue weighted by molar-refractivity contribution is 5.95. The Morgan fingerprint density at radius 3 is 2.25 bits per heavy atom. The van der Waals surface area contributed by atoms with E-state index in [0.29, 0.717) is 0 Å². The number of nitrogens with zero attached hydrogens (tertiary/aromatic N) is 1. The first-order valence-corrected chi connectivity index (χ1v) is 6.29. The third-order valence-corrected chi connectivity index (χ3v) is 3.50. The Balaban J connectivity index is 3.12. The van der Waals surface area contributed by atoms with E-state index in [1.165, 1.54) is 11.0 Å². The van der Waals surface area contributed by atoms with Gasteiger partial charge in [0, 0.05) is 24.3 Å². The first-order chi connectivity index (χ1) is 9.05. The van der Waals surface area contributed by atoms with Crippen molar-refractivity contribution in [2.24, 2.45) is 5.92 Å². The molecule has 0 saturated heterocycles. The summed E-state index contributed by atoms with van der Waals surface area (Å²) in [5.74, 6) is -0.239. The van der Waals surface area contributed by atoms with Crippen molar-refractivity contribution in [3.8, 4) is 0 Å². The number of hydrogen-bond acceptors (Lipinski definition) is 2. The summed E-state index contributed by atoms with van der Waals surface area (Å²) in [7, 11) is 1.58. The van der Waals surface area contributed by atoms with Gasteiger partial charge < -0.3 is 10.6 Å². The van der Waals surface area contributed by atoms with Crippen LogP contribution in [0.5, 0.6) is 0 Å². The summed E-state index contributed by atoms with van der Waals surface area (Å²) in [6, 6.07) is 3.16. The molecule has 0 aliphatic heterocycles. The van der Waals surface area contributed by atoms with Gasteiger partial charge in [0.1, 0.15) is 0 Å². The number of carbonyl (C=O) groups is 1. The van der Waals surface area contributed by atoms with E-state index in [0.717, 1.165) is 12.1 Å². The molecule has 0 aromatic heterocycles. The monoisotopic (exact) mass is 288 g/mol. The maximum absolute atomic E-state index is 12.8. The summed E-state index contributed by atoms with van der Waals surface area (Å²) in [6.45, 7) is 5.74. The lowest BCUT2D eigenvalue weighted by Gasteiger charge is -2.28. The number of hydrogen-bond donors (Lipinski definition) is 1. The van der Waals surface area contributed by atoms with Gasteiger partial charge in [-0.3, -0.25) is 4.79 Å². The highest BCUT2D eigenvalue weighted by atomic mass is 19.4. The fourth-order valence-corrected chi connectivity index (χ4v) is 1.77. The molecule has 20 heavy (non-hydrogen) atoms. The summed E-state index contributed by atoms with van der Waals surface area (Å²) in [5.41, 5.74) is 3.94. The molecule has 0 heterocycles. The standard InChI is InChI=1S/C14H19F3N2O/c1-8(2)9(3)19(4)13(20)10-5-6-12(18)11(7-10)14(15,16)17/h5-9H,18H2,1-4H3. The van der Waals surface area contributed by atoms with E-state index in [4.69, 9.17) is 5.73 Å². The molecule has 1 unspecified atom stereocenters. The summed E-state index contributed by atoms with van der Waals surface area (Å²) >= 11 is 0. The van der Waals surface area contributed by atoms with Gasteiger partial charge in [-0.1, -0.05) is 13.8 Å². The molecular formula is C14H19F3N2O. The van der Waals surface area contributed by atoms with Crippen LogP contribution in [0.15, 0.2) is 18.2 Å². The first kappa shape index (κ1) is 16.3. The third-order valence-electron chi connectivity index (χ3n) is 3.50. The van der Waals surface area contributed by atoms with E-state index in [2.05, 4.69) is 0 Å². The molecule has 1 amide bonds. The smallest absolute Gasteiger partial charge is 0.398 e. The second-order valence-electron chi connectivity index (χ2n) is 5.20. The van der Waals surface area contributed by atoms with Gasteiger partial charge in [0.25, 0.3) is 5.91 Å². The summed E-state index contributed by atoms with van der Waals surface area (Å²) in [6.07, 6.45) is -4.57. The van der Waals surface area contributed by atoms with Gasteiger partial charge in [-0.2, -0.15) is 13.2 Å². The van der Waals surface area contributed by atoms with Crippen LogP contribution < -0.4 is 5.73 Å². The van der Waals surface area contributed by atoms with E-state index in [1.54, 1.807) is 7.05 Å². The Labute approximate surface area is 116 Å². The highest BCUT2D eigenvalue weighted by Crippen LogP contribution is 2.34. The van der Waals surface area contributed by atoms with Crippen LogP contribution in [0.2, 0.25) is 0 Å². The number of amides is 1. The molecule has 0 aliphatic carbocycles. The van der Waals surface area contributed by atoms with E-state index < -0.39 is 17.6 Å². The van der Waals surface area contributed by atoms with Gasteiger partial charge in [0.15, 0.2) is 0 Å². The van der Waals surface area contributed by atoms with Crippen molar-refractivity contribution in [3.05, 3.63) is 29.3 Å². The number of nitrogens with two attached hydrogens (primary N) is 1. The topological polar surface area (TPSA) is 46.3 Å². The molecule has 0 bridgehead atoms. The molecule has 2 N–H and O–H groups in total. The maximum atomic E-state index is 12.8. The van der Waals surface area contributed by atoms with Crippen molar-refractivity contribution in [1.29, 1.82) is 0 Å². The molecular weight excluding hydrogens is 269 g/mol. The van der Waals surface area contributed by atoms with Crippen LogP contribution in [0.25, 0.3) is 0 Å². The molecule has 0 spiro atoms. The van der Waals surface area contributed by atoms with E-state index >= 15 is 0 Å². The maximum Gasteiger partial charge on any atom is 0.418 e. The molecule has 1 aromatic carbocycles. The van der Waals surface area contributed by atoms with Gasteiger partial charge in [-0.15, -0.1) is 0 Å². The van der Waals surface area contributed by atoms with Crippen molar-refractivity contribution in [2.45, 2.75) is 33.0 Å². The Morgan fingerprint density at radius 1 is 1.25 bits per heavy atom. The molecule has 0 saturated carbocycles.